The third-order valence-corrected chi connectivity index (χ3v) is 7.79. The second kappa shape index (κ2) is 7.07. The molecule has 1 fully saturated rings. The molecule has 4 unspecified atom stereocenters. The predicted octanol–water partition coefficient (Wildman–Crippen LogP) is 3.00. The summed E-state index contributed by atoms with van der Waals surface area (Å²) in [5, 5.41) is 2.80. The second-order valence-corrected chi connectivity index (χ2v) is 8.97. The lowest BCUT2D eigenvalue weighted by Gasteiger charge is -2.37. The van der Waals surface area contributed by atoms with Crippen LogP contribution in [0.1, 0.15) is 59.8 Å². The van der Waals surface area contributed by atoms with Gasteiger partial charge in [-0.25, -0.2) is 8.42 Å². The minimum Gasteiger partial charge on any atom is -0.316 e. The van der Waals surface area contributed by atoms with Gasteiger partial charge in [-0.05, 0) is 45.1 Å². The van der Waals surface area contributed by atoms with Crippen LogP contribution in [-0.2, 0) is 9.84 Å². The largest absolute Gasteiger partial charge is 0.316 e. The van der Waals surface area contributed by atoms with E-state index in [0.717, 1.165) is 19.3 Å². The summed E-state index contributed by atoms with van der Waals surface area (Å²) in [6.07, 6.45) is 5.33. The summed E-state index contributed by atoms with van der Waals surface area (Å²) in [6, 6.07) is 0.138. The van der Waals surface area contributed by atoms with E-state index in [1.807, 2.05) is 27.8 Å². The molecule has 1 aliphatic rings. The van der Waals surface area contributed by atoms with Crippen LogP contribution in [0.5, 0.6) is 0 Å². The molecule has 0 saturated heterocycles. The molecule has 0 aromatic carbocycles. The number of sulfone groups is 1. The van der Waals surface area contributed by atoms with E-state index < -0.39 is 9.84 Å². The standard InChI is InChI=1S/C15H31NO2S/c1-6-7-13-8-9-14(16-5)15(10-13)19(17,18)12(4)11(2)3/h11-16H,6-10H2,1-5H3. The molecule has 114 valence electrons. The fourth-order valence-corrected chi connectivity index (χ4v) is 5.81. The fourth-order valence-electron chi connectivity index (χ4n) is 3.23. The Hall–Kier alpha value is -0.0900. The summed E-state index contributed by atoms with van der Waals surface area (Å²) in [5.41, 5.74) is 0. The molecule has 4 atom stereocenters. The summed E-state index contributed by atoms with van der Waals surface area (Å²) in [4.78, 5) is 0. The summed E-state index contributed by atoms with van der Waals surface area (Å²) in [7, 11) is -1.14. The van der Waals surface area contributed by atoms with Crippen LogP contribution in [0.25, 0.3) is 0 Å². The molecule has 0 aromatic rings. The summed E-state index contributed by atoms with van der Waals surface area (Å²) in [5.74, 6) is 0.780. The maximum absolute atomic E-state index is 12.8. The number of nitrogens with one attached hydrogen (secondary N) is 1. The smallest absolute Gasteiger partial charge is 0.157 e. The predicted molar refractivity (Wildman–Crippen MR) is 82.1 cm³/mol. The highest BCUT2D eigenvalue weighted by atomic mass is 32.2. The van der Waals surface area contributed by atoms with E-state index in [-0.39, 0.29) is 22.5 Å². The van der Waals surface area contributed by atoms with E-state index in [1.54, 1.807) is 0 Å². The lowest BCUT2D eigenvalue weighted by molar-refractivity contribution is 0.286. The van der Waals surface area contributed by atoms with Crippen molar-refractivity contribution in [2.75, 3.05) is 7.05 Å². The van der Waals surface area contributed by atoms with E-state index in [4.69, 9.17) is 0 Å². The highest BCUT2D eigenvalue weighted by Crippen LogP contribution is 2.34. The van der Waals surface area contributed by atoms with Crippen LogP contribution in [0, 0.1) is 11.8 Å². The Morgan fingerprint density at radius 2 is 1.84 bits per heavy atom. The zero-order valence-electron chi connectivity index (χ0n) is 13.1. The van der Waals surface area contributed by atoms with Crippen molar-refractivity contribution in [2.45, 2.75) is 76.3 Å². The molecule has 1 N–H and O–H groups in total. The van der Waals surface area contributed by atoms with Gasteiger partial charge < -0.3 is 5.32 Å². The van der Waals surface area contributed by atoms with Gasteiger partial charge in [0.15, 0.2) is 9.84 Å². The monoisotopic (exact) mass is 289 g/mol. The molecule has 0 radical (unpaired) electrons. The first-order valence-electron chi connectivity index (χ1n) is 7.74. The summed E-state index contributed by atoms with van der Waals surface area (Å²) >= 11 is 0. The average Bonchev–Trinajstić information content (AvgIpc) is 2.38. The van der Waals surface area contributed by atoms with E-state index in [0.29, 0.717) is 5.92 Å². The van der Waals surface area contributed by atoms with Gasteiger partial charge in [0.2, 0.25) is 0 Å². The fraction of sp³-hybridized carbons (Fsp3) is 1.00. The summed E-state index contributed by atoms with van der Waals surface area (Å²) < 4.78 is 25.6. The normalized spacial score (nSPS) is 30.5. The molecule has 0 amide bonds. The van der Waals surface area contributed by atoms with Gasteiger partial charge in [0.05, 0.1) is 10.5 Å². The number of hydrogen-bond donors (Lipinski definition) is 1. The van der Waals surface area contributed by atoms with Crippen molar-refractivity contribution >= 4 is 9.84 Å². The Bertz CT molecular complexity index is 364. The van der Waals surface area contributed by atoms with Gasteiger partial charge in [-0.1, -0.05) is 33.6 Å². The molecule has 3 nitrogen and oxygen atoms in total. The van der Waals surface area contributed by atoms with Gasteiger partial charge >= 0.3 is 0 Å². The van der Waals surface area contributed by atoms with Crippen LogP contribution in [0.15, 0.2) is 0 Å². The molecule has 0 bridgehead atoms. The molecular formula is C15H31NO2S. The first-order valence-corrected chi connectivity index (χ1v) is 9.35. The maximum Gasteiger partial charge on any atom is 0.157 e. The van der Waals surface area contributed by atoms with Crippen molar-refractivity contribution in [3.8, 4) is 0 Å². The minimum atomic E-state index is -3.04. The van der Waals surface area contributed by atoms with Crippen molar-refractivity contribution in [1.82, 2.24) is 5.32 Å². The molecule has 0 heterocycles. The molecular weight excluding hydrogens is 258 g/mol. The maximum atomic E-state index is 12.8. The Morgan fingerprint density at radius 3 is 2.32 bits per heavy atom. The first-order chi connectivity index (χ1) is 8.84. The zero-order chi connectivity index (χ0) is 14.6. The van der Waals surface area contributed by atoms with Gasteiger partial charge in [0.25, 0.3) is 0 Å². The Labute approximate surface area is 119 Å². The molecule has 1 aliphatic carbocycles. The minimum absolute atomic E-state index is 0.138. The van der Waals surface area contributed by atoms with Crippen LogP contribution in [-0.4, -0.2) is 32.0 Å². The van der Waals surface area contributed by atoms with Crippen molar-refractivity contribution < 1.29 is 8.42 Å². The SMILES string of the molecule is CCCC1CCC(NC)C(S(=O)(=O)C(C)C(C)C)C1. The van der Waals surface area contributed by atoms with Crippen molar-refractivity contribution in [1.29, 1.82) is 0 Å². The van der Waals surface area contributed by atoms with Gasteiger partial charge in [0.1, 0.15) is 0 Å². The molecule has 19 heavy (non-hydrogen) atoms. The number of rotatable bonds is 6. The van der Waals surface area contributed by atoms with Crippen LogP contribution in [0.3, 0.4) is 0 Å². The molecule has 0 aliphatic heterocycles. The van der Waals surface area contributed by atoms with Crippen LogP contribution in [0.4, 0.5) is 0 Å². The van der Waals surface area contributed by atoms with E-state index in [1.165, 1.54) is 12.8 Å². The van der Waals surface area contributed by atoms with Gasteiger partial charge in [-0.2, -0.15) is 0 Å². The Balaban J connectivity index is 2.91. The molecule has 4 heteroatoms. The van der Waals surface area contributed by atoms with Gasteiger partial charge in [-0.15, -0.1) is 0 Å². The van der Waals surface area contributed by atoms with Crippen LogP contribution >= 0.6 is 0 Å². The van der Waals surface area contributed by atoms with Crippen molar-refractivity contribution in [2.24, 2.45) is 11.8 Å². The van der Waals surface area contributed by atoms with E-state index in [2.05, 4.69) is 12.2 Å². The molecule has 0 aromatic heterocycles. The van der Waals surface area contributed by atoms with Crippen LogP contribution < -0.4 is 5.32 Å². The lowest BCUT2D eigenvalue weighted by Crippen LogP contribution is -2.50. The van der Waals surface area contributed by atoms with E-state index >= 15 is 0 Å². The Kier molecular flexibility index (Phi) is 6.31. The highest BCUT2D eigenvalue weighted by Gasteiger charge is 2.41. The third kappa shape index (κ3) is 3.94. The lowest BCUT2D eigenvalue weighted by atomic mass is 9.83. The van der Waals surface area contributed by atoms with Gasteiger partial charge in [0, 0.05) is 6.04 Å². The molecule has 0 spiro atoms. The third-order valence-electron chi connectivity index (χ3n) is 4.85. The first kappa shape index (κ1) is 17.0. The van der Waals surface area contributed by atoms with E-state index in [9.17, 15) is 8.42 Å². The van der Waals surface area contributed by atoms with Crippen LogP contribution in [0.2, 0.25) is 0 Å². The molecule has 1 saturated carbocycles. The highest BCUT2D eigenvalue weighted by molar-refractivity contribution is 7.92. The second-order valence-electron chi connectivity index (χ2n) is 6.44. The van der Waals surface area contributed by atoms with Gasteiger partial charge in [-0.3, -0.25) is 0 Å². The quantitative estimate of drug-likeness (QED) is 0.817. The topological polar surface area (TPSA) is 46.2 Å². The summed E-state index contributed by atoms with van der Waals surface area (Å²) in [6.45, 7) is 8.06. The van der Waals surface area contributed by atoms with Crippen molar-refractivity contribution in [3.05, 3.63) is 0 Å². The molecule has 1 rings (SSSR count). The zero-order valence-corrected chi connectivity index (χ0v) is 14.0. The Morgan fingerprint density at radius 1 is 1.21 bits per heavy atom. The average molecular weight is 289 g/mol. The van der Waals surface area contributed by atoms with Crippen molar-refractivity contribution in [3.63, 3.8) is 0 Å². The number of hydrogen-bond acceptors (Lipinski definition) is 3.